The molecule has 0 saturated carbocycles. The smallest absolute Gasteiger partial charge is 0.326 e. The minimum Gasteiger partial charge on any atom is -0.480 e. The van der Waals surface area contributed by atoms with E-state index in [1.807, 2.05) is 0 Å². The maximum atomic E-state index is 11.8. The van der Waals surface area contributed by atoms with Gasteiger partial charge < -0.3 is 20.6 Å². The molecule has 0 aliphatic heterocycles. The van der Waals surface area contributed by atoms with Crippen LogP contribution in [0.2, 0.25) is 0 Å². The van der Waals surface area contributed by atoms with Crippen LogP contribution in [0.15, 0.2) is 0 Å². The van der Waals surface area contributed by atoms with Gasteiger partial charge in [0, 0.05) is 13.6 Å². The van der Waals surface area contributed by atoms with Crippen molar-refractivity contribution in [2.45, 2.75) is 26.8 Å². The number of likely N-dealkylation sites (N-methyl/N-ethyl adjacent to an activating group) is 2. The van der Waals surface area contributed by atoms with Gasteiger partial charge >= 0.3 is 12.0 Å². The summed E-state index contributed by atoms with van der Waals surface area (Å²) in [4.78, 5) is 35.2. The quantitative estimate of drug-likeness (QED) is 0.619. The number of hydrogen-bond acceptors (Lipinski definition) is 3. The van der Waals surface area contributed by atoms with Crippen molar-refractivity contribution < 1.29 is 19.5 Å². The maximum Gasteiger partial charge on any atom is 0.326 e. The monoisotopic (exact) mass is 259 g/mol. The Morgan fingerprint density at radius 3 is 2.17 bits per heavy atom. The van der Waals surface area contributed by atoms with E-state index in [2.05, 4.69) is 10.6 Å². The molecular weight excluding hydrogens is 238 g/mol. The second-order valence-corrected chi connectivity index (χ2v) is 4.20. The van der Waals surface area contributed by atoms with Gasteiger partial charge in [0.05, 0.1) is 0 Å². The third kappa shape index (κ3) is 5.03. The van der Waals surface area contributed by atoms with E-state index >= 15 is 0 Å². The number of nitrogens with one attached hydrogen (secondary N) is 2. The van der Waals surface area contributed by atoms with Crippen LogP contribution in [0, 0.1) is 5.92 Å². The number of carbonyl (C=O) groups is 3. The predicted octanol–water partition coefficient (Wildman–Crippen LogP) is -0.127. The molecular formula is C11H21N3O4. The highest BCUT2D eigenvalue weighted by Gasteiger charge is 2.25. The third-order valence-electron chi connectivity index (χ3n) is 2.49. The lowest BCUT2D eigenvalue weighted by Gasteiger charge is -2.24. The fraction of sp³-hybridized carbons (Fsp3) is 0.727. The predicted molar refractivity (Wildman–Crippen MR) is 66.1 cm³/mol. The molecule has 0 rings (SSSR count). The van der Waals surface area contributed by atoms with Crippen molar-refractivity contribution >= 4 is 17.9 Å². The lowest BCUT2D eigenvalue weighted by atomic mass is 10.1. The number of carbonyl (C=O) groups excluding carboxylic acids is 2. The van der Waals surface area contributed by atoms with E-state index in [4.69, 9.17) is 5.11 Å². The fourth-order valence-corrected chi connectivity index (χ4v) is 1.32. The van der Waals surface area contributed by atoms with Crippen LogP contribution in [-0.2, 0) is 9.59 Å². The first-order valence-corrected chi connectivity index (χ1v) is 5.82. The van der Waals surface area contributed by atoms with Crippen LogP contribution in [0.4, 0.5) is 4.79 Å². The Kier molecular flexibility index (Phi) is 6.77. The molecule has 1 atom stereocenters. The number of aliphatic carboxylic acids is 1. The van der Waals surface area contributed by atoms with Crippen molar-refractivity contribution in [3.05, 3.63) is 0 Å². The standard InChI is InChI=1S/C11H21N3O4/c1-5-14(6-8(15)12-4)11(18)13-9(7(2)3)10(16)17/h7,9H,5-6H2,1-4H3,(H,12,15)(H,13,18)(H,16,17)/t9-/m1/s1. The first-order chi connectivity index (χ1) is 8.33. The number of rotatable bonds is 6. The normalized spacial score (nSPS) is 11.8. The average molecular weight is 259 g/mol. The molecule has 0 heterocycles. The molecule has 3 N–H and O–H groups in total. The molecule has 0 aromatic carbocycles. The van der Waals surface area contributed by atoms with Gasteiger partial charge in [0.1, 0.15) is 12.6 Å². The molecule has 7 nitrogen and oxygen atoms in total. The highest BCUT2D eigenvalue weighted by atomic mass is 16.4. The number of carboxylic acids is 1. The molecule has 0 fully saturated rings. The third-order valence-corrected chi connectivity index (χ3v) is 2.49. The molecule has 0 saturated heterocycles. The van der Waals surface area contributed by atoms with E-state index in [0.29, 0.717) is 6.54 Å². The van der Waals surface area contributed by atoms with Crippen molar-refractivity contribution in [1.29, 1.82) is 0 Å². The number of carboxylic acid groups (broad SMARTS) is 1. The van der Waals surface area contributed by atoms with Crippen LogP contribution >= 0.6 is 0 Å². The Morgan fingerprint density at radius 2 is 1.83 bits per heavy atom. The molecule has 18 heavy (non-hydrogen) atoms. The lowest BCUT2D eigenvalue weighted by molar-refractivity contribution is -0.140. The zero-order chi connectivity index (χ0) is 14.3. The van der Waals surface area contributed by atoms with Gasteiger partial charge in [-0.2, -0.15) is 0 Å². The molecule has 0 bridgehead atoms. The Bertz CT molecular complexity index is 317. The van der Waals surface area contributed by atoms with Gasteiger partial charge in [-0.05, 0) is 12.8 Å². The number of nitrogens with zero attached hydrogens (tertiary/aromatic N) is 1. The summed E-state index contributed by atoms with van der Waals surface area (Å²) < 4.78 is 0. The van der Waals surface area contributed by atoms with Crippen LogP contribution < -0.4 is 10.6 Å². The largest absolute Gasteiger partial charge is 0.480 e. The molecule has 3 amide bonds. The molecule has 0 aromatic heterocycles. The summed E-state index contributed by atoms with van der Waals surface area (Å²) in [5.41, 5.74) is 0. The average Bonchev–Trinajstić information content (AvgIpc) is 2.31. The summed E-state index contributed by atoms with van der Waals surface area (Å²) in [6.45, 7) is 5.35. The minimum atomic E-state index is -1.09. The van der Waals surface area contributed by atoms with E-state index in [1.54, 1.807) is 20.8 Å². The minimum absolute atomic E-state index is 0.0940. The van der Waals surface area contributed by atoms with E-state index in [1.165, 1.54) is 11.9 Å². The zero-order valence-corrected chi connectivity index (χ0v) is 11.2. The summed E-state index contributed by atoms with van der Waals surface area (Å²) in [5.74, 6) is -1.62. The number of hydrogen-bond donors (Lipinski definition) is 3. The molecule has 0 unspecified atom stereocenters. The molecule has 0 aliphatic carbocycles. The van der Waals surface area contributed by atoms with Crippen molar-refractivity contribution in [1.82, 2.24) is 15.5 Å². The summed E-state index contributed by atoms with van der Waals surface area (Å²) in [6, 6.07) is -1.52. The van der Waals surface area contributed by atoms with Crippen molar-refractivity contribution in [2.75, 3.05) is 20.1 Å². The summed E-state index contributed by atoms with van der Waals surface area (Å²) >= 11 is 0. The molecule has 0 spiro atoms. The molecule has 0 aromatic rings. The Balaban J connectivity index is 4.60. The summed E-state index contributed by atoms with van der Waals surface area (Å²) in [5, 5.41) is 13.8. The topological polar surface area (TPSA) is 98.7 Å². The maximum absolute atomic E-state index is 11.8. The molecule has 104 valence electrons. The van der Waals surface area contributed by atoms with Crippen LogP contribution in [0.3, 0.4) is 0 Å². The van der Waals surface area contributed by atoms with Gasteiger partial charge in [-0.25, -0.2) is 9.59 Å². The summed E-state index contributed by atoms with van der Waals surface area (Å²) in [7, 11) is 1.47. The fourth-order valence-electron chi connectivity index (χ4n) is 1.32. The van der Waals surface area contributed by atoms with Crippen LogP contribution in [0.1, 0.15) is 20.8 Å². The number of urea groups is 1. The summed E-state index contributed by atoms with van der Waals surface area (Å²) in [6.07, 6.45) is 0. The highest BCUT2D eigenvalue weighted by Crippen LogP contribution is 2.03. The van der Waals surface area contributed by atoms with Gasteiger partial charge in [-0.15, -0.1) is 0 Å². The van der Waals surface area contributed by atoms with Crippen molar-refractivity contribution in [3.8, 4) is 0 Å². The first-order valence-electron chi connectivity index (χ1n) is 5.82. The van der Waals surface area contributed by atoms with E-state index in [9.17, 15) is 14.4 Å². The molecule has 0 radical (unpaired) electrons. The second-order valence-electron chi connectivity index (χ2n) is 4.20. The van der Waals surface area contributed by atoms with Gasteiger partial charge in [-0.1, -0.05) is 13.8 Å². The van der Waals surface area contributed by atoms with E-state index in [-0.39, 0.29) is 18.4 Å². The SMILES string of the molecule is CCN(CC(=O)NC)C(=O)N[C@@H](C(=O)O)C(C)C. The first kappa shape index (κ1) is 16.2. The Morgan fingerprint density at radius 1 is 1.28 bits per heavy atom. The van der Waals surface area contributed by atoms with Crippen LogP contribution in [-0.4, -0.2) is 54.1 Å². The highest BCUT2D eigenvalue weighted by molar-refractivity contribution is 5.86. The van der Waals surface area contributed by atoms with E-state index in [0.717, 1.165) is 0 Å². The van der Waals surface area contributed by atoms with Crippen molar-refractivity contribution in [2.24, 2.45) is 5.92 Å². The lowest BCUT2D eigenvalue weighted by Crippen LogP contribution is -2.52. The van der Waals surface area contributed by atoms with Gasteiger partial charge in [0.25, 0.3) is 0 Å². The van der Waals surface area contributed by atoms with Crippen molar-refractivity contribution in [3.63, 3.8) is 0 Å². The van der Waals surface area contributed by atoms with Crippen LogP contribution in [0.5, 0.6) is 0 Å². The number of amides is 3. The van der Waals surface area contributed by atoms with Crippen LogP contribution in [0.25, 0.3) is 0 Å². The molecule has 0 aliphatic rings. The molecule has 7 heteroatoms. The van der Waals surface area contributed by atoms with Gasteiger partial charge in [-0.3, -0.25) is 4.79 Å². The van der Waals surface area contributed by atoms with Gasteiger partial charge in [0.15, 0.2) is 0 Å². The second kappa shape index (κ2) is 7.52. The Hall–Kier alpha value is -1.79. The zero-order valence-electron chi connectivity index (χ0n) is 11.2. The Labute approximate surface area is 107 Å². The van der Waals surface area contributed by atoms with E-state index < -0.39 is 18.0 Å². The van der Waals surface area contributed by atoms with Gasteiger partial charge in [0.2, 0.25) is 5.91 Å².